The molecule has 0 aliphatic rings. The van der Waals surface area contributed by atoms with Gasteiger partial charge in [-0.25, -0.2) is 4.98 Å². The minimum Gasteiger partial charge on any atom is -0.484 e. The van der Waals surface area contributed by atoms with E-state index in [0.29, 0.717) is 17.4 Å². The molecule has 6 heteroatoms. The fraction of sp³-hybridized carbons (Fsp3) is 0.0800. The lowest BCUT2D eigenvalue weighted by Gasteiger charge is -2.19. The Bertz CT molecular complexity index is 1320. The molecule has 1 amide bonds. The highest BCUT2D eigenvalue weighted by atomic mass is 32.1. The van der Waals surface area contributed by atoms with Crippen LogP contribution in [0.5, 0.6) is 5.75 Å². The number of hydrogen-bond donors (Lipinski definition) is 0. The van der Waals surface area contributed by atoms with Gasteiger partial charge in [-0.3, -0.25) is 14.7 Å². The number of nitrogens with zero attached hydrogens (tertiary/aromatic N) is 3. The van der Waals surface area contributed by atoms with Gasteiger partial charge in [0.1, 0.15) is 5.75 Å². The number of ether oxygens (including phenoxy) is 1. The summed E-state index contributed by atoms with van der Waals surface area (Å²) in [5, 5.41) is 2.84. The second-order valence-corrected chi connectivity index (χ2v) is 8.07. The lowest BCUT2D eigenvalue weighted by molar-refractivity contribution is -0.120. The molecule has 0 aliphatic heterocycles. The molecule has 0 saturated heterocycles. The van der Waals surface area contributed by atoms with E-state index < -0.39 is 0 Å². The first-order valence-electron chi connectivity index (χ1n) is 9.94. The van der Waals surface area contributed by atoms with Crippen molar-refractivity contribution in [1.82, 2.24) is 9.97 Å². The number of fused-ring (bicyclic) bond motifs is 2. The average molecular weight is 426 g/mol. The lowest BCUT2D eigenvalue weighted by atomic mass is 10.1. The molecule has 0 N–H and O–H groups in total. The van der Waals surface area contributed by atoms with Crippen molar-refractivity contribution in [2.75, 3.05) is 11.5 Å². The van der Waals surface area contributed by atoms with Crippen LogP contribution in [0.15, 0.2) is 91.1 Å². The monoisotopic (exact) mass is 425 g/mol. The van der Waals surface area contributed by atoms with Gasteiger partial charge >= 0.3 is 0 Å². The standard InChI is InChI=1S/C25H19N3O2S/c29-24(17-30-21-13-12-18-7-1-2-8-19(18)15-21)28(16-20-9-5-6-14-26-20)25-27-22-10-3-4-11-23(22)31-25/h1-15H,16-17H2. The van der Waals surface area contributed by atoms with E-state index in [1.54, 1.807) is 11.1 Å². The second-order valence-electron chi connectivity index (χ2n) is 7.06. The van der Waals surface area contributed by atoms with Gasteiger partial charge in [-0.2, -0.15) is 0 Å². The summed E-state index contributed by atoms with van der Waals surface area (Å²) in [4.78, 5) is 23.9. The van der Waals surface area contributed by atoms with Crippen LogP contribution in [0.2, 0.25) is 0 Å². The van der Waals surface area contributed by atoms with E-state index in [1.807, 2.05) is 84.9 Å². The Morgan fingerprint density at radius 2 is 1.71 bits per heavy atom. The number of aromatic nitrogens is 2. The van der Waals surface area contributed by atoms with Gasteiger partial charge < -0.3 is 4.74 Å². The molecule has 0 atom stereocenters. The van der Waals surface area contributed by atoms with Crippen molar-refractivity contribution in [2.45, 2.75) is 6.54 Å². The highest BCUT2D eigenvalue weighted by Gasteiger charge is 2.21. The zero-order valence-electron chi connectivity index (χ0n) is 16.6. The lowest BCUT2D eigenvalue weighted by Crippen LogP contribution is -2.34. The number of rotatable bonds is 6. The topological polar surface area (TPSA) is 55.3 Å². The molecule has 0 radical (unpaired) electrons. The molecule has 31 heavy (non-hydrogen) atoms. The molecule has 0 unspecified atom stereocenters. The minimum absolute atomic E-state index is 0.0822. The van der Waals surface area contributed by atoms with Gasteiger partial charge in [0.2, 0.25) is 0 Å². The van der Waals surface area contributed by atoms with Crippen LogP contribution < -0.4 is 9.64 Å². The summed E-state index contributed by atoms with van der Waals surface area (Å²) in [7, 11) is 0. The van der Waals surface area contributed by atoms with E-state index in [-0.39, 0.29) is 12.5 Å². The maximum absolute atomic E-state index is 13.2. The van der Waals surface area contributed by atoms with Crippen molar-refractivity contribution in [2.24, 2.45) is 0 Å². The minimum atomic E-state index is -0.169. The number of para-hydroxylation sites is 1. The number of carbonyl (C=O) groups excluding carboxylic acids is 1. The van der Waals surface area contributed by atoms with Crippen molar-refractivity contribution >= 4 is 43.4 Å². The van der Waals surface area contributed by atoms with E-state index >= 15 is 0 Å². The number of amides is 1. The number of pyridine rings is 1. The quantitative estimate of drug-likeness (QED) is 0.363. The van der Waals surface area contributed by atoms with Crippen molar-refractivity contribution in [1.29, 1.82) is 0 Å². The van der Waals surface area contributed by atoms with Crippen LogP contribution in [-0.4, -0.2) is 22.5 Å². The Morgan fingerprint density at radius 1 is 0.903 bits per heavy atom. The van der Waals surface area contributed by atoms with Crippen LogP contribution in [0.4, 0.5) is 5.13 Å². The van der Waals surface area contributed by atoms with Gasteiger partial charge in [0.25, 0.3) is 5.91 Å². The smallest absolute Gasteiger partial charge is 0.267 e. The second kappa shape index (κ2) is 8.53. The molecule has 5 aromatic rings. The summed E-state index contributed by atoms with van der Waals surface area (Å²) < 4.78 is 6.89. The highest BCUT2D eigenvalue weighted by molar-refractivity contribution is 7.22. The van der Waals surface area contributed by atoms with Crippen LogP contribution in [0, 0.1) is 0 Å². The predicted molar refractivity (Wildman–Crippen MR) is 124 cm³/mol. The van der Waals surface area contributed by atoms with E-state index in [0.717, 1.165) is 26.7 Å². The number of hydrogen-bond acceptors (Lipinski definition) is 5. The van der Waals surface area contributed by atoms with Crippen LogP contribution in [0.1, 0.15) is 5.69 Å². The van der Waals surface area contributed by atoms with Gasteiger partial charge in [-0.15, -0.1) is 0 Å². The summed E-state index contributed by atoms with van der Waals surface area (Å²) in [6.07, 6.45) is 1.72. The molecule has 0 fully saturated rings. The fourth-order valence-electron chi connectivity index (χ4n) is 3.37. The van der Waals surface area contributed by atoms with Gasteiger partial charge in [0.15, 0.2) is 11.7 Å². The van der Waals surface area contributed by atoms with Crippen molar-refractivity contribution in [3.8, 4) is 5.75 Å². The average Bonchev–Trinajstić information content (AvgIpc) is 3.25. The molecule has 2 heterocycles. The molecule has 0 aliphatic carbocycles. The number of benzene rings is 3. The third-order valence-corrected chi connectivity index (χ3v) is 6.00. The largest absolute Gasteiger partial charge is 0.484 e. The third-order valence-electron chi connectivity index (χ3n) is 4.94. The SMILES string of the molecule is O=C(COc1ccc2ccccc2c1)N(Cc1ccccn1)c1nc2ccccc2s1. The summed E-state index contributed by atoms with van der Waals surface area (Å²) in [6, 6.07) is 27.4. The Kier molecular flexibility index (Phi) is 5.29. The van der Waals surface area contributed by atoms with E-state index in [9.17, 15) is 4.79 Å². The van der Waals surface area contributed by atoms with Gasteiger partial charge in [0, 0.05) is 6.20 Å². The van der Waals surface area contributed by atoms with Crippen molar-refractivity contribution in [3.63, 3.8) is 0 Å². The zero-order valence-corrected chi connectivity index (χ0v) is 17.5. The molecule has 5 rings (SSSR count). The fourth-order valence-corrected chi connectivity index (χ4v) is 4.35. The molecular weight excluding hydrogens is 406 g/mol. The van der Waals surface area contributed by atoms with E-state index in [2.05, 4.69) is 9.97 Å². The van der Waals surface area contributed by atoms with Crippen molar-refractivity contribution in [3.05, 3.63) is 96.8 Å². The maximum Gasteiger partial charge on any atom is 0.267 e. The molecule has 0 bridgehead atoms. The molecular formula is C25H19N3O2S. The molecule has 2 aromatic heterocycles. The maximum atomic E-state index is 13.2. The van der Waals surface area contributed by atoms with E-state index in [1.165, 1.54) is 11.3 Å². The Balaban J connectivity index is 1.39. The van der Waals surface area contributed by atoms with Crippen LogP contribution in [0.25, 0.3) is 21.0 Å². The number of anilines is 1. The molecule has 152 valence electrons. The first-order valence-corrected chi connectivity index (χ1v) is 10.8. The predicted octanol–water partition coefficient (Wildman–Crippen LogP) is 5.46. The van der Waals surface area contributed by atoms with Crippen LogP contribution in [-0.2, 0) is 11.3 Å². The first-order chi connectivity index (χ1) is 15.3. The summed E-state index contributed by atoms with van der Waals surface area (Å²) in [5.41, 5.74) is 1.66. The number of carbonyl (C=O) groups is 1. The Morgan fingerprint density at radius 3 is 2.55 bits per heavy atom. The van der Waals surface area contributed by atoms with Crippen LogP contribution >= 0.6 is 11.3 Å². The zero-order chi connectivity index (χ0) is 21.0. The molecule has 0 saturated carbocycles. The third kappa shape index (κ3) is 4.25. The van der Waals surface area contributed by atoms with Gasteiger partial charge in [0.05, 0.1) is 22.5 Å². The van der Waals surface area contributed by atoms with Crippen molar-refractivity contribution < 1.29 is 9.53 Å². The highest BCUT2D eigenvalue weighted by Crippen LogP contribution is 2.30. The van der Waals surface area contributed by atoms with E-state index in [4.69, 9.17) is 4.74 Å². The Labute approximate surface area is 183 Å². The van der Waals surface area contributed by atoms with Crippen LogP contribution in [0.3, 0.4) is 0 Å². The number of thiazole rings is 1. The van der Waals surface area contributed by atoms with Gasteiger partial charge in [-0.1, -0.05) is 59.9 Å². The molecule has 0 spiro atoms. The summed E-state index contributed by atoms with van der Waals surface area (Å²) >= 11 is 1.49. The summed E-state index contributed by atoms with van der Waals surface area (Å²) in [6.45, 7) is 0.252. The Hall–Kier alpha value is -3.77. The molecule has 3 aromatic carbocycles. The molecule has 5 nitrogen and oxygen atoms in total. The first kappa shape index (κ1) is 19.2. The normalized spacial score (nSPS) is 11.0. The van der Waals surface area contributed by atoms with Gasteiger partial charge in [-0.05, 0) is 47.2 Å². The summed E-state index contributed by atoms with van der Waals surface area (Å²) in [5.74, 6) is 0.493.